The number of hydrogen-bond donors (Lipinski definition) is 4. The smallest absolute Gasteiger partial charge is 0.343 e. The second-order valence-electron chi connectivity index (χ2n) is 38.5. The fourth-order valence-corrected chi connectivity index (χ4v) is 15.4. The lowest BCUT2D eigenvalue weighted by Gasteiger charge is -2.26. The summed E-state index contributed by atoms with van der Waals surface area (Å²) in [5.41, 5.74) is 13.4. The molecule has 732 valence electrons. The van der Waals surface area contributed by atoms with Crippen LogP contribution in [0.15, 0.2) is 170 Å². The van der Waals surface area contributed by atoms with E-state index in [1.165, 1.54) is 64.1 Å². The number of carboxylic acid groups (broad SMARTS) is 3. The molecule has 7 aromatic rings. The van der Waals surface area contributed by atoms with Crippen molar-refractivity contribution in [2.24, 2.45) is 65.1 Å². The Labute approximate surface area is 795 Å². The van der Waals surface area contributed by atoms with Gasteiger partial charge in [0.2, 0.25) is 5.91 Å². The van der Waals surface area contributed by atoms with Crippen LogP contribution in [0.3, 0.4) is 0 Å². The lowest BCUT2D eigenvalue weighted by Crippen LogP contribution is -2.24. The van der Waals surface area contributed by atoms with Crippen molar-refractivity contribution in [1.29, 1.82) is 0 Å². The summed E-state index contributed by atoms with van der Waals surface area (Å²) >= 11 is 0. The van der Waals surface area contributed by atoms with E-state index < -0.39 is 17.9 Å². The van der Waals surface area contributed by atoms with Crippen LogP contribution in [0.5, 0.6) is 23.0 Å². The molecule has 0 aliphatic heterocycles. The summed E-state index contributed by atoms with van der Waals surface area (Å²) in [4.78, 5) is 76.1. The van der Waals surface area contributed by atoms with Gasteiger partial charge in [-0.05, 0) is 325 Å². The molecular weight excluding hydrogens is 1660 g/mol. The second kappa shape index (κ2) is 69.8. The highest BCUT2D eigenvalue weighted by atomic mass is 16.6. The van der Waals surface area contributed by atoms with Crippen LogP contribution in [0.2, 0.25) is 0 Å². The minimum Gasteiger partial charge on any atom is -0.494 e. The Balaban J connectivity index is 0.000000398. The van der Waals surface area contributed by atoms with Gasteiger partial charge in [-0.25, -0.2) is 4.79 Å². The first-order valence-corrected chi connectivity index (χ1v) is 49.5. The predicted octanol–water partition coefficient (Wildman–Crippen LogP) is 26.3. The summed E-state index contributed by atoms with van der Waals surface area (Å²) < 4.78 is 36.9. The Morgan fingerprint density at radius 3 is 0.856 bits per heavy atom. The molecule has 2 fully saturated rings. The van der Waals surface area contributed by atoms with E-state index in [1.54, 1.807) is 0 Å². The van der Waals surface area contributed by atoms with Crippen molar-refractivity contribution in [1.82, 2.24) is 5.32 Å². The topological polar surface area (TPSA) is 257 Å². The SMILES string of the molecule is CC(=O)NCc1ccc(CC(C)C)cc1.CC(C)Cc1ccc(CCCCCC(=O)O)cc1.CC(C)Cc1ccc(OCC2CCC(C(=O)O)CC2)cc1.CC(C)Cc1ccc(OCC2CCC(C(=O)O)CC2)cc1.CCOC(=O)CCCCCOc1ccc(CC(C)C)cc1.CCOC(=O)CCCCCc1ccc(CC(C)C)cc1.COC(=O)COc1ccc(CC(C)C)cc1. The Morgan fingerprint density at radius 2 is 0.583 bits per heavy atom. The molecule has 0 radical (unpaired) electrons. The van der Waals surface area contributed by atoms with E-state index in [4.69, 9.17) is 43.7 Å². The minimum atomic E-state index is -0.687. The fourth-order valence-electron chi connectivity index (χ4n) is 15.4. The van der Waals surface area contributed by atoms with Gasteiger partial charge in [0.15, 0.2) is 6.61 Å². The van der Waals surface area contributed by atoms with Gasteiger partial charge in [0.25, 0.3) is 0 Å². The molecule has 9 rings (SSSR count). The van der Waals surface area contributed by atoms with Crippen LogP contribution < -0.4 is 24.3 Å². The average molecular weight is 1830 g/mol. The molecule has 4 N–H and O–H groups in total. The molecule has 7 aromatic carbocycles. The highest BCUT2D eigenvalue weighted by Gasteiger charge is 2.28. The molecule has 0 unspecified atom stereocenters. The normalized spacial score (nSPS) is 14.3. The predicted molar refractivity (Wildman–Crippen MR) is 536 cm³/mol. The molecule has 0 bridgehead atoms. The standard InChI is InChI=1S/2C18H26O3.C18H28O3.C18H28O2.C16H24O2.C13H19NO.C13H18O3/c2*1-13(2)11-14-5-9-17(10-6-14)21-12-15-3-7-16(8-4-15)18(19)20;1-4-20-18(19)8-6-5-7-13-21-17-11-9-16(10-12-17)14-15(2)3;1-4-20-18(19)9-7-5-6-8-16-10-12-17(13-11-16)14-15(2)3;1-13(2)12-15-10-8-14(9-11-15)6-4-3-5-7-16(17)18;1-10(2)8-12-4-6-13(7-5-12)9-14-11(3)15;1-10(2)8-11-4-6-12(7-5-11)16-9-13(14)15-3/h2*5-6,9-10,13,15-16H,3-4,7-8,11-12H2,1-2H3,(H,19,20);9-12,15H,4-8,13-14H2,1-3H3;10-13,15H,4-9,14H2,1-3H3;8-11,13H,3-7,12H2,1-2H3,(H,17,18);4-7,10H,8-9H2,1-3H3,(H,14,15);4-7,10H,8-9H2,1-3H3. The Hall–Kier alpha value is -9.97. The fraction of sp³-hybridized carbons (Fsp3) is 0.570. The van der Waals surface area contributed by atoms with Gasteiger partial charge >= 0.3 is 35.8 Å². The Morgan fingerprint density at radius 1 is 0.318 bits per heavy atom. The van der Waals surface area contributed by atoms with Crippen LogP contribution in [0.1, 0.15) is 302 Å². The van der Waals surface area contributed by atoms with E-state index in [1.807, 2.05) is 74.5 Å². The van der Waals surface area contributed by atoms with E-state index in [0.717, 1.165) is 190 Å². The summed E-state index contributed by atoms with van der Waals surface area (Å²) in [5, 5.41) is 29.3. The molecule has 1 amide bonds. The van der Waals surface area contributed by atoms with Crippen molar-refractivity contribution in [2.75, 3.05) is 46.8 Å². The number of unbranched alkanes of at least 4 members (excludes halogenated alkanes) is 6. The van der Waals surface area contributed by atoms with Crippen LogP contribution in [-0.4, -0.2) is 104 Å². The molecule has 2 aliphatic carbocycles. The number of carbonyl (C=O) groups is 7. The maximum absolute atomic E-state index is 11.2. The van der Waals surface area contributed by atoms with Crippen LogP contribution in [0.25, 0.3) is 0 Å². The van der Waals surface area contributed by atoms with Crippen molar-refractivity contribution >= 4 is 41.7 Å². The largest absolute Gasteiger partial charge is 0.494 e. The number of nitrogens with one attached hydrogen (secondary N) is 1. The van der Waals surface area contributed by atoms with Gasteiger partial charge in [-0.3, -0.25) is 28.8 Å². The molecule has 2 aliphatic rings. The number of benzene rings is 7. The third kappa shape index (κ3) is 59.5. The van der Waals surface area contributed by atoms with Gasteiger partial charge in [0.05, 0.1) is 52.0 Å². The number of aryl methyl sites for hydroxylation is 2. The summed E-state index contributed by atoms with van der Waals surface area (Å²) in [6.45, 7) is 39.9. The van der Waals surface area contributed by atoms with Crippen molar-refractivity contribution < 1.29 is 82.0 Å². The Bertz CT molecular complexity index is 4080. The molecule has 0 saturated heterocycles. The molecule has 0 spiro atoms. The summed E-state index contributed by atoms with van der Waals surface area (Å²) in [5.74, 6) is 6.43. The third-order valence-electron chi connectivity index (χ3n) is 22.4. The number of amides is 1. The van der Waals surface area contributed by atoms with E-state index >= 15 is 0 Å². The quantitative estimate of drug-likeness (QED) is 0.0157. The lowest BCUT2D eigenvalue weighted by atomic mass is 9.82. The maximum atomic E-state index is 11.2. The second-order valence-corrected chi connectivity index (χ2v) is 38.5. The number of aliphatic carboxylic acids is 3. The zero-order valence-corrected chi connectivity index (χ0v) is 84.0. The van der Waals surface area contributed by atoms with Crippen LogP contribution in [-0.2, 0) is 112 Å². The van der Waals surface area contributed by atoms with Crippen molar-refractivity contribution in [3.63, 3.8) is 0 Å². The number of rotatable bonds is 48. The van der Waals surface area contributed by atoms with E-state index in [2.05, 4.69) is 216 Å². The molecular formula is C114H169NO17. The highest BCUT2D eigenvalue weighted by Crippen LogP contribution is 2.32. The van der Waals surface area contributed by atoms with E-state index in [9.17, 15) is 33.6 Å². The number of ether oxygens (including phenoxy) is 7. The summed E-state index contributed by atoms with van der Waals surface area (Å²) in [6.07, 6.45) is 27.1. The summed E-state index contributed by atoms with van der Waals surface area (Å²) in [6, 6.07) is 59.1. The maximum Gasteiger partial charge on any atom is 0.343 e. The monoisotopic (exact) mass is 1820 g/mol. The first-order valence-electron chi connectivity index (χ1n) is 49.5. The number of hydrogen-bond acceptors (Lipinski definition) is 14. The van der Waals surface area contributed by atoms with Gasteiger partial charge in [-0.2, -0.15) is 0 Å². The van der Waals surface area contributed by atoms with Crippen molar-refractivity contribution in [3.8, 4) is 23.0 Å². The van der Waals surface area contributed by atoms with Gasteiger partial charge in [0, 0.05) is 32.7 Å². The van der Waals surface area contributed by atoms with E-state index in [0.29, 0.717) is 118 Å². The molecule has 132 heavy (non-hydrogen) atoms. The minimum absolute atomic E-state index is 0.0151. The molecule has 2 saturated carbocycles. The number of esters is 3. The molecule has 18 nitrogen and oxygen atoms in total. The van der Waals surface area contributed by atoms with Crippen molar-refractivity contribution in [3.05, 3.63) is 225 Å². The van der Waals surface area contributed by atoms with Crippen LogP contribution in [0, 0.1) is 65.1 Å². The van der Waals surface area contributed by atoms with Crippen LogP contribution >= 0.6 is 0 Å². The van der Waals surface area contributed by atoms with Crippen molar-refractivity contribution in [2.45, 2.75) is 310 Å². The number of carboxylic acids is 3. The third-order valence-corrected chi connectivity index (χ3v) is 22.4. The molecule has 0 aromatic heterocycles. The molecule has 0 heterocycles. The van der Waals surface area contributed by atoms with Gasteiger partial charge < -0.3 is 53.8 Å². The van der Waals surface area contributed by atoms with Gasteiger partial charge in [0.1, 0.15) is 23.0 Å². The van der Waals surface area contributed by atoms with Gasteiger partial charge in [-0.15, -0.1) is 0 Å². The summed E-state index contributed by atoms with van der Waals surface area (Å²) in [7, 11) is 1.34. The highest BCUT2D eigenvalue weighted by molar-refractivity contribution is 5.73. The number of methoxy groups -OCH3 is 1. The zero-order valence-electron chi connectivity index (χ0n) is 84.0. The average Bonchev–Trinajstić information content (AvgIpc) is 0.839. The van der Waals surface area contributed by atoms with Gasteiger partial charge in [-0.1, -0.05) is 231 Å². The Kier molecular flexibility index (Phi) is 61.5. The molecule has 18 heteroatoms. The first kappa shape index (κ1) is 116. The van der Waals surface area contributed by atoms with Crippen LogP contribution in [0.4, 0.5) is 0 Å². The first-order chi connectivity index (χ1) is 63.1. The molecule has 0 atom stereocenters. The lowest BCUT2D eigenvalue weighted by molar-refractivity contribution is -0.144. The number of carbonyl (C=O) groups excluding carboxylic acids is 4. The van der Waals surface area contributed by atoms with E-state index in [-0.39, 0.29) is 42.3 Å². The zero-order chi connectivity index (χ0) is 97.4.